The number of benzene rings is 1. The number of carbonyl (C=O) groups is 4. The number of esters is 1. The van der Waals surface area contributed by atoms with E-state index in [1.165, 1.54) is 11.8 Å². The third-order valence-electron chi connectivity index (χ3n) is 3.57. The molecular formula is C20H29N3O5S. The molecule has 0 unspecified atom stereocenters. The van der Waals surface area contributed by atoms with Crippen molar-refractivity contribution in [3.05, 3.63) is 35.4 Å². The summed E-state index contributed by atoms with van der Waals surface area (Å²) in [6.07, 6.45) is 2.23. The number of ether oxygens (including phenoxy) is 1. The Balaban J connectivity index is 2.63. The number of hydrogen-bond acceptors (Lipinski definition) is 6. The van der Waals surface area contributed by atoms with Gasteiger partial charge in [0.2, 0.25) is 0 Å². The van der Waals surface area contributed by atoms with Crippen LogP contribution in [-0.2, 0) is 14.3 Å². The van der Waals surface area contributed by atoms with Gasteiger partial charge in [-0.25, -0.2) is 9.59 Å². The van der Waals surface area contributed by atoms with Crippen LogP contribution in [0.2, 0.25) is 0 Å². The van der Waals surface area contributed by atoms with E-state index >= 15 is 0 Å². The van der Waals surface area contributed by atoms with Crippen molar-refractivity contribution in [2.24, 2.45) is 0 Å². The van der Waals surface area contributed by atoms with Crippen LogP contribution in [0.25, 0.3) is 0 Å². The first-order chi connectivity index (χ1) is 13.5. The quantitative estimate of drug-likeness (QED) is 0.551. The van der Waals surface area contributed by atoms with E-state index in [0.29, 0.717) is 17.7 Å². The monoisotopic (exact) mass is 423 g/mol. The lowest BCUT2D eigenvalue weighted by Gasteiger charge is -2.20. The van der Waals surface area contributed by atoms with Crippen LogP contribution >= 0.6 is 11.8 Å². The second kappa shape index (κ2) is 11.5. The molecule has 1 atom stereocenters. The molecule has 29 heavy (non-hydrogen) atoms. The number of thioether (sulfide) groups is 1. The molecule has 0 aliphatic rings. The molecular weight excluding hydrogens is 394 g/mol. The third kappa shape index (κ3) is 9.98. The van der Waals surface area contributed by atoms with Gasteiger partial charge in [0.05, 0.1) is 0 Å². The Labute approximate surface area is 175 Å². The van der Waals surface area contributed by atoms with Crippen molar-refractivity contribution < 1.29 is 23.9 Å². The van der Waals surface area contributed by atoms with E-state index in [2.05, 4.69) is 16.0 Å². The molecule has 0 aliphatic heterocycles. The van der Waals surface area contributed by atoms with Crippen LogP contribution in [0.1, 0.15) is 43.1 Å². The summed E-state index contributed by atoms with van der Waals surface area (Å²) < 4.78 is 5.00. The number of urea groups is 1. The Hall–Kier alpha value is -2.55. The predicted octanol–water partition coefficient (Wildman–Crippen LogP) is 2.01. The molecule has 0 radical (unpaired) electrons. The molecule has 0 saturated carbocycles. The molecule has 3 N–H and O–H groups in total. The fourth-order valence-electron chi connectivity index (χ4n) is 2.28. The van der Waals surface area contributed by atoms with Crippen LogP contribution in [0, 0.1) is 6.92 Å². The number of imide groups is 1. The van der Waals surface area contributed by atoms with E-state index < -0.39 is 42.0 Å². The molecule has 0 spiro atoms. The maximum Gasteiger partial charge on any atom is 0.329 e. The number of nitrogens with one attached hydrogen (secondary N) is 3. The topological polar surface area (TPSA) is 114 Å². The highest BCUT2D eigenvalue weighted by Gasteiger charge is 2.24. The van der Waals surface area contributed by atoms with Crippen molar-refractivity contribution in [1.29, 1.82) is 0 Å². The molecule has 1 aromatic rings. The van der Waals surface area contributed by atoms with Gasteiger partial charge in [-0.15, -0.1) is 0 Å². The summed E-state index contributed by atoms with van der Waals surface area (Å²) in [6, 6.07) is 5.42. The maximum absolute atomic E-state index is 12.4. The lowest BCUT2D eigenvalue weighted by atomic mass is 10.1. The Bertz CT molecular complexity index is 746. The molecule has 0 aliphatic carbocycles. The van der Waals surface area contributed by atoms with Gasteiger partial charge in [0.1, 0.15) is 6.04 Å². The van der Waals surface area contributed by atoms with Gasteiger partial charge in [-0.05, 0) is 58.3 Å². The Kier molecular flexibility index (Phi) is 9.67. The first-order valence-electron chi connectivity index (χ1n) is 9.17. The number of hydrogen-bond donors (Lipinski definition) is 3. The van der Waals surface area contributed by atoms with Crippen molar-refractivity contribution in [3.8, 4) is 0 Å². The Morgan fingerprint density at radius 1 is 1.17 bits per heavy atom. The Morgan fingerprint density at radius 3 is 2.45 bits per heavy atom. The molecule has 4 amide bonds. The zero-order valence-corrected chi connectivity index (χ0v) is 18.3. The van der Waals surface area contributed by atoms with Gasteiger partial charge in [0, 0.05) is 11.1 Å². The minimum atomic E-state index is -0.897. The minimum absolute atomic E-state index is 0.351. The van der Waals surface area contributed by atoms with Crippen molar-refractivity contribution in [2.75, 3.05) is 18.6 Å². The molecule has 1 rings (SSSR count). The van der Waals surface area contributed by atoms with E-state index in [9.17, 15) is 19.2 Å². The number of aryl methyl sites for hydroxylation is 1. The molecule has 0 bridgehead atoms. The zero-order valence-electron chi connectivity index (χ0n) is 17.5. The molecule has 9 heteroatoms. The summed E-state index contributed by atoms with van der Waals surface area (Å²) >= 11 is 1.52. The van der Waals surface area contributed by atoms with E-state index in [0.717, 1.165) is 5.56 Å². The van der Waals surface area contributed by atoms with Gasteiger partial charge in [-0.3, -0.25) is 14.9 Å². The van der Waals surface area contributed by atoms with Gasteiger partial charge < -0.3 is 15.4 Å². The highest BCUT2D eigenvalue weighted by Crippen LogP contribution is 2.07. The van der Waals surface area contributed by atoms with E-state index in [1.807, 2.05) is 19.2 Å². The molecule has 0 aromatic heterocycles. The van der Waals surface area contributed by atoms with Crippen molar-refractivity contribution in [2.45, 2.75) is 45.7 Å². The molecule has 1 aromatic carbocycles. The van der Waals surface area contributed by atoms with Gasteiger partial charge in [-0.2, -0.15) is 11.8 Å². The fourth-order valence-corrected chi connectivity index (χ4v) is 2.76. The van der Waals surface area contributed by atoms with Crippen LogP contribution in [0.15, 0.2) is 24.3 Å². The number of carbonyl (C=O) groups excluding carboxylic acids is 4. The molecule has 0 heterocycles. The van der Waals surface area contributed by atoms with Gasteiger partial charge >= 0.3 is 12.0 Å². The largest absolute Gasteiger partial charge is 0.454 e. The smallest absolute Gasteiger partial charge is 0.329 e. The highest BCUT2D eigenvalue weighted by molar-refractivity contribution is 7.98. The standard InChI is InChI=1S/C20H29N3O5S/c1-13-7-6-8-14(11-13)17(25)21-15(9-10-29-5)18(26)28-12-16(24)22-19(27)23-20(2,3)4/h6-8,11,15H,9-10,12H2,1-5H3,(H,21,25)(H2,22,23,24,27)/t15-/m0/s1. The summed E-state index contributed by atoms with van der Waals surface area (Å²) in [5.41, 5.74) is 0.846. The molecule has 0 saturated heterocycles. The number of amides is 4. The highest BCUT2D eigenvalue weighted by atomic mass is 32.2. The molecule has 0 fully saturated rings. The molecule has 8 nitrogen and oxygen atoms in total. The van der Waals surface area contributed by atoms with Gasteiger partial charge in [0.15, 0.2) is 6.61 Å². The van der Waals surface area contributed by atoms with Crippen LogP contribution < -0.4 is 16.0 Å². The summed E-state index contributed by atoms with van der Waals surface area (Å²) in [7, 11) is 0. The second-order valence-electron chi connectivity index (χ2n) is 7.54. The number of rotatable bonds is 8. The van der Waals surface area contributed by atoms with Crippen LogP contribution in [0.3, 0.4) is 0 Å². The predicted molar refractivity (Wildman–Crippen MR) is 113 cm³/mol. The zero-order chi connectivity index (χ0) is 22.0. The van der Waals surface area contributed by atoms with Crippen LogP contribution in [0.5, 0.6) is 0 Å². The maximum atomic E-state index is 12.4. The SMILES string of the molecule is CSCC[C@H](NC(=O)c1cccc(C)c1)C(=O)OCC(=O)NC(=O)NC(C)(C)C. The minimum Gasteiger partial charge on any atom is -0.454 e. The average Bonchev–Trinajstić information content (AvgIpc) is 2.61. The normalized spacial score (nSPS) is 11.9. The lowest BCUT2D eigenvalue weighted by molar-refractivity contribution is -0.150. The first-order valence-corrected chi connectivity index (χ1v) is 10.6. The van der Waals surface area contributed by atoms with E-state index in [1.54, 1.807) is 39.0 Å². The van der Waals surface area contributed by atoms with Crippen molar-refractivity contribution >= 4 is 35.6 Å². The average molecular weight is 424 g/mol. The fraction of sp³-hybridized carbons (Fsp3) is 0.500. The summed E-state index contributed by atoms with van der Waals surface area (Å²) in [5, 5.41) is 7.31. The summed E-state index contributed by atoms with van der Waals surface area (Å²) in [5.74, 6) is -1.26. The van der Waals surface area contributed by atoms with Gasteiger partial charge in [-0.1, -0.05) is 17.7 Å². The second-order valence-corrected chi connectivity index (χ2v) is 8.52. The van der Waals surface area contributed by atoms with Crippen LogP contribution in [-0.4, -0.2) is 54.0 Å². The van der Waals surface area contributed by atoms with Crippen LogP contribution in [0.4, 0.5) is 4.79 Å². The van der Waals surface area contributed by atoms with E-state index in [-0.39, 0.29) is 0 Å². The summed E-state index contributed by atoms with van der Waals surface area (Å²) in [4.78, 5) is 48.3. The van der Waals surface area contributed by atoms with Crippen molar-refractivity contribution in [1.82, 2.24) is 16.0 Å². The van der Waals surface area contributed by atoms with Crippen molar-refractivity contribution in [3.63, 3.8) is 0 Å². The summed E-state index contributed by atoms with van der Waals surface area (Å²) in [6.45, 7) is 6.55. The van der Waals surface area contributed by atoms with Gasteiger partial charge in [0.25, 0.3) is 11.8 Å². The Morgan fingerprint density at radius 2 is 1.86 bits per heavy atom. The van der Waals surface area contributed by atoms with E-state index in [4.69, 9.17) is 4.74 Å². The molecule has 160 valence electrons. The third-order valence-corrected chi connectivity index (χ3v) is 4.21. The lowest BCUT2D eigenvalue weighted by Crippen LogP contribution is -2.49. The first kappa shape index (κ1) is 24.5.